The SMILES string of the molecule is COc1cc(Cl)c(CC(=O)N2C=CC(=O)CC2c2ccccc2)cc1OC. The molecule has 0 saturated heterocycles. The lowest BCUT2D eigenvalue weighted by atomic mass is 9.96. The van der Waals surface area contributed by atoms with Crippen LogP contribution in [0.5, 0.6) is 11.5 Å². The molecule has 3 rings (SSSR count). The topological polar surface area (TPSA) is 55.8 Å². The third kappa shape index (κ3) is 4.14. The van der Waals surface area contributed by atoms with Gasteiger partial charge in [-0.2, -0.15) is 0 Å². The number of hydrogen-bond donors (Lipinski definition) is 0. The Morgan fingerprint density at radius 3 is 2.48 bits per heavy atom. The molecule has 2 aromatic carbocycles. The minimum Gasteiger partial charge on any atom is -0.493 e. The summed E-state index contributed by atoms with van der Waals surface area (Å²) in [5.41, 5.74) is 1.55. The van der Waals surface area contributed by atoms with Gasteiger partial charge in [-0.1, -0.05) is 41.9 Å². The average Bonchev–Trinajstić information content (AvgIpc) is 2.69. The first-order valence-corrected chi connectivity index (χ1v) is 8.88. The smallest absolute Gasteiger partial charge is 0.231 e. The van der Waals surface area contributed by atoms with Gasteiger partial charge in [-0.05, 0) is 23.3 Å². The second kappa shape index (κ2) is 8.27. The summed E-state index contributed by atoms with van der Waals surface area (Å²) >= 11 is 6.32. The summed E-state index contributed by atoms with van der Waals surface area (Å²) in [6.07, 6.45) is 3.33. The van der Waals surface area contributed by atoms with Crippen LogP contribution in [0.1, 0.15) is 23.6 Å². The molecule has 0 aliphatic carbocycles. The quantitative estimate of drug-likeness (QED) is 0.781. The number of rotatable bonds is 5. The lowest BCUT2D eigenvalue weighted by molar-refractivity contribution is -0.131. The number of ether oxygens (including phenoxy) is 2. The van der Waals surface area contributed by atoms with E-state index in [2.05, 4.69) is 0 Å². The van der Waals surface area contributed by atoms with Crippen molar-refractivity contribution < 1.29 is 19.1 Å². The van der Waals surface area contributed by atoms with Gasteiger partial charge in [0, 0.05) is 23.7 Å². The maximum atomic E-state index is 13.0. The van der Waals surface area contributed by atoms with Gasteiger partial charge in [0.1, 0.15) is 0 Å². The highest BCUT2D eigenvalue weighted by Crippen LogP contribution is 2.34. The second-order valence-corrected chi connectivity index (χ2v) is 6.60. The second-order valence-electron chi connectivity index (χ2n) is 6.19. The molecule has 1 aliphatic heterocycles. The first kappa shape index (κ1) is 19.0. The van der Waals surface area contributed by atoms with Gasteiger partial charge in [0.25, 0.3) is 0 Å². The lowest BCUT2D eigenvalue weighted by Crippen LogP contribution is -2.35. The molecular formula is C21H20ClNO4. The van der Waals surface area contributed by atoms with E-state index in [1.807, 2.05) is 30.3 Å². The molecule has 1 aliphatic rings. The van der Waals surface area contributed by atoms with Crippen LogP contribution in [0.15, 0.2) is 54.7 Å². The van der Waals surface area contributed by atoms with Gasteiger partial charge in [-0.3, -0.25) is 9.59 Å². The average molecular weight is 386 g/mol. The highest BCUT2D eigenvalue weighted by atomic mass is 35.5. The predicted molar refractivity (Wildman–Crippen MR) is 103 cm³/mol. The monoisotopic (exact) mass is 385 g/mol. The Kier molecular flexibility index (Phi) is 5.81. The molecule has 1 atom stereocenters. The first-order valence-electron chi connectivity index (χ1n) is 8.51. The van der Waals surface area contributed by atoms with Crippen molar-refractivity contribution in [3.63, 3.8) is 0 Å². The molecule has 5 nitrogen and oxygen atoms in total. The number of nitrogens with zero attached hydrogens (tertiary/aromatic N) is 1. The lowest BCUT2D eigenvalue weighted by Gasteiger charge is -2.31. The van der Waals surface area contributed by atoms with Crippen LogP contribution >= 0.6 is 11.6 Å². The number of carbonyl (C=O) groups is 2. The molecule has 140 valence electrons. The molecule has 0 bridgehead atoms. The summed E-state index contributed by atoms with van der Waals surface area (Å²) in [7, 11) is 3.06. The van der Waals surface area contributed by atoms with Crippen LogP contribution in [0, 0.1) is 0 Å². The van der Waals surface area contributed by atoms with Crippen LogP contribution in [-0.4, -0.2) is 30.8 Å². The van der Waals surface area contributed by atoms with E-state index in [9.17, 15) is 9.59 Å². The van der Waals surface area contributed by atoms with Crippen LogP contribution in [0.3, 0.4) is 0 Å². The molecule has 1 heterocycles. The molecular weight excluding hydrogens is 366 g/mol. The van der Waals surface area contributed by atoms with Gasteiger partial charge in [0.15, 0.2) is 17.3 Å². The summed E-state index contributed by atoms with van der Waals surface area (Å²) in [5.74, 6) is 0.858. The molecule has 0 fully saturated rings. The molecule has 0 saturated carbocycles. The first-order chi connectivity index (χ1) is 13.0. The van der Waals surface area contributed by atoms with Crippen LogP contribution < -0.4 is 9.47 Å². The van der Waals surface area contributed by atoms with Crippen LogP contribution in [-0.2, 0) is 16.0 Å². The number of amides is 1. The Hall–Kier alpha value is -2.79. The fraction of sp³-hybridized carbons (Fsp3) is 0.238. The van der Waals surface area contributed by atoms with Gasteiger partial charge in [0.05, 0.1) is 26.7 Å². The number of methoxy groups -OCH3 is 2. The van der Waals surface area contributed by atoms with Crippen molar-refractivity contribution in [2.24, 2.45) is 0 Å². The van der Waals surface area contributed by atoms with Crippen molar-refractivity contribution in [2.45, 2.75) is 18.9 Å². The minimum absolute atomic E-state index is 0.00273. The van der Waals surface area contributed by atoms with Crippen molar-refractivity contribution >= 4 is 23.3 Å². The van der Waals surface area contributed by atoms with Crippen molar-refractivity contribution in [2.75, 3.05) is 14.2 Å². The fourth-order valence-electron chi connectivity index (χ4n) is 3.12. The minimum atomic E-state index is -0.324. The van der Waals surface area contributed by atoms with Crippen molar-refractivity contribution in [1.82, 2.24) is 4.90 Å². The van der Waals surface area contributed by atoms with E-state index in [0.717, 1.165) is 5.56 Å². The molecule has 1 amide bonds. The molecule has 0 aromatic heterocycles. The highest BCUT2D eigenvalue weighted by molar-refractivity contribution is 6.31. The van der Waals surface area contributed by atoms with E-state index < -0.39 is 0 Å². The van der Waals surface area contributed by atoms with E-state index in [-0.39, 0.29) is 30.6 Å². The van der Waals surface area contributed by atoms with Gasteiger partial charge in [-0.25, -0.2) is 0 Å². The summed E-state index contributed by atoms with van der Waals surface area (Å²) < 4.78 is 10.5. The zero-order valence-electron chi connectivity index (χ0n) is 15.1. The maximum absolute atomic E-state index is 13.0. The van der Waals surface area contributed by atoms with Crippen LogP contribution in [0.25, 0.3) is 0 Å². The molecule has 0 spiro atoms. The number of allylic oxidation sites excluding steroid dienone is 1. The van der Waals surface area contributed by atoms with E-state index in [4.69, 9.17) is 21.1 Å². The van der Waals surface area contributed by atoms with E-state index in [0.29, 0.717) is 22.1 Å². The summed E-state index contributed by atoms with van der Waals surface area (Å²) in [5, 5.41) is 0.425. The Bertz CT molecular complexity index is 879. The maximum Gasteiger partial charge on any atom is 0.231 e. The zero-order valence-corrected chi connectivity index (χ0v) is 15.9. The number of carbonyl (C=O) groups excluding carboxylic acids is 2. The number of ketones is 1. The normalized spacial score (nSPS) is 16.3. The summed E-state index contributed by atoms with van der Waals surface area (Å²) in [6.45, 7) is 0. The van der Waals surface area contributed by atoms with Crippen molar-refractivity contribution in [3.05, 3.63) is 70.9 Å². The molecule has 27 heavy (non-hydrogen) atoms. The number of halogens is 1. The van der Waals surface area contributed by atoms with Crippen molar-refractivity contribution in [1.29, 1.82) is 0 Å². The Morgan fingerprint density at radius 2 is 1.81 bits per heavy atom. The van der Waals surface area contributed by atoms with Gasteiger partial charge >= 0.3 is 0 Å². The Balaban J connectivity index is 1.88. The third-order valence-corrected chi connectivity index (χ3v) is 4.87. The largest absolute Gasteiger partial charge is 0.493 e. The Labute approximate surface area is 163 Å². The highest BCUT2D eigenvalue weighted by Gasteiger charge is 2.29. The third-order valence-electron chi connectivity index (χ3n) is 4.52. The number of hydrogen-bond acceptors (Lipinski definition) is 4. The standard InChI is InChI=1S/C21H20ClNO4/c1-26-19-10-15(17(22)13-20(19)27-2)11-21(25)23-9-8-16(24)12-18(23)14-6-4-3-5-7-14/h3-10,13,18H,11-12H2,1-2H3. The van der Waals surface area contributed by atoms with Crippen molar-refractivity contribution in [3.8, 4) is 11.5 Å². The molecule has 0 radical (unpaired) electrons. The zero-order chi connectivity index (χ0) is 19.4. The van der Waals surface area contributed by atoms with E-state index in [1.165, 1.54) is 20.3 Å². The van der Waals surface area contributed by atoms with Crippen LogP contribution in [0.4, 0.5) is 0 Å². The van der Waals surface area contributed by atoms with Crippen LogP contribution in [0.2, 0.25) is 5.02 Å². The molecule has 6 heteroatoms. The van der Waals surface area contributed by atoms with Gasteiger partial charge in [0.2, 0.25) is 5.91 Å². The molecule has 2 aromatic rings. The van der Waals surface area contributed by atoms with Gasteiger partial charge < -0.3 is 14.4 Å². The van der Waals surface area contributed by atoms with Gasteiger partial charge in [-0.15, -0.1) is 0 Å². The summed E-state index contributed by atoms with van der Waals surface area (Å²) in [6, 6.07) is 12.5. The molecule has 0 N–H and O–H groups in total. The number of benzene rings is 2. The van der Waals surface area contributed by atoms with E-state index >= 15 is 0 Å². The van der Waals surface area contributed by atoms with E-state index in [1.54, 1.807) is 23.2 Å². The fourth-order valence-corrected chi connectivity index (χ4v) is 3.34. The summed E-state index contributed by atoms with van der Waals surface area (Å²) in [4.78, 5) is 26.5. The Morgan fingerprint density at radius 1 is 1.15 bits per heavy atom. The molecule has 1 unspecified atom stereocenters. The predicted octanol–water partition coefficient (Wildman–Crippen LogP) is 3.96.